The lowest BCUT2D eigenvalue weighted by Gasteiger charge is -2.36. The van der Waals surface area contributed by atoms with Crippen molar-refractivity contribution in [3.05, 3.63) is 53.7 Å². The van der Waals surface area contributed by atoms with Crippen LogP contribution in [0, 0.1) is 13.8 Å². The second-order valence-corrected chi connectivity index (χ2v) is 8.58. The standard InChI is InChI=1S/C22H26N6O2S/c1-15-13-16(2)24-22(23-15)31-14-19(29)28-11-9-27(10-12-28)17(3)21-25-20(26-30-21)18-7-5-4-6-8-18/h4-8,13,17H,9-12,14H2,1-3H3. The van der Waals surface area contributed by atoms with E-state index in [9.17, 15) is 4.79 Å². The third kappa shape index (κ3) is 5.29. The molecule has 1 unspecified atom stereocenters. The summed E-state index contributed by atoms with van der Waals surface area (Å²) in [5.41, 5.74) is 2.77. The van der Waals surface area contributed by atoms with E-state index in [0.29, 0.717) is 35.7 Å². The van der Waals surface area contributed by atoms with E-state index in [1.165, 1.54) is 11.8 Å². The summed E-state index contributed by atoms with van der Waals surface area (Å²) in [5.74, 6) is 1.66. The highest BCUT2D eigenvalue weighted by Crippen LogP contribution is 2.24. The number of benzene rings is 1. The molecule has 31 heavy (non-hydrogen) atoms. The van der Waals surface area contributed by atoms with Gasteiger partial charge in [0, 0.05) is 43.1 Å². The molecule has 1 amide bonds. The molecule has 0 radical (unpaired) electrons. The van der Waals surface area contributed by atoms with Gasteiger partial charge in [0.1, 0.15) is 0 Å². The number of carbonyl (C=O) groups is 1. The lowest BCUT2D eigenvalue weighted by atomic mass is 10.2. The summed E-state index contributed by atoms with van der Waals surface area (Å²) < 4.78 is 5.51. The lowest BCUT2D eigenvalue weighted by molar-refractivity contribution is -0.130. The second-order valence-electron chi connectivity index (χ2n) is 7.64. The maximum atomic E-state index is 12.6. The van der Waals surface area contributed by atoms with Crippen molar-refractivity contribution >= 4 is 17.7 Å². The fourth-order valence-corrected chi connectivity index (χ4v) is 4.45. The zero-order valence-electron chi connectivity index (χ0n) is 18.0. The first-order valence-corrected chi connectivity index (χ1v) is 11.3. The molecule has 0 N–H and O–H groups in total. The topological polar surface area (TPSA) is 88.3 Å². The van der Waals surface area contributed by atoms with Gasteiger partial charge in [0.25, 0.3) is 0 Å². The monoisotopic (exact) mass is 438 g/mol. The van der Waals surface area contributed by atoms with E-state index in [4.69, 9.17) is 4.52 Å². The molecule has 162 valence electrons. The minimum atomic E-state index is 0.000239. The van der Waals surface area contributed by atoms with Crippen molar-refractivity contribution in [2.45, 2.75) is 32.0 Å². The molecule has 3 aromatic rings. The van der Waals surface area contributed by atoms with Gasteiger partial charge in [-0.2, -0.15) is 4.98 Å². The maximum absolute atomic E-state index is 12.6. The number of carbonyl (C=O) groups excluding carboxylic acids is 1. The molecule has 3 heterocycles. The first-order chi connectivity index (χ1) is 15.0. The summed E-state index contributed by atoms with van der Waals surface area (Å²) in [7, 11) is 0. The predicted molar refractivity (Wildman–Crippen MR) is 119 cm³/mol. The molecule has 4 rings (SSSR count). The van der Waals surface area contributed by atoms with Crippen LogP contribution in [0.2, 0.25) is 0 Å². The molecule has 8 nitrogen and oxygen atoms in total. The molecule has 0 spiro atoms. The second kappa shape index (κ2) is 9.57. The van der Waals surface area contributed by atoms with Crippen LogP contribution in [-0.4, -0.2) is 67.7 Å². The number of hydrogen-bond donors (Lipinski definition) is 0. The molecule has 2 aromatic heterocycles. The Morgan fingerprint density at radius 3 is 2.42 bits per heavy atom. The average molecular weight is 439 g/mol. The van der Waals surface area contributed by atoms with Gasteiger partial charge < -0.3 is 9.42 Å². The summed E-state index contributed by atoms with van der Waals surface area (Å²) in [5, 5.41) is 4.78. The van der Waals surface area contributed by atoms with Crippen LogP contribution in [0.5, 0.6) is 0 Å². The molecule has 0 saturated carbocycles. The summed E-state index contributed by atoms with van der Waals surface area (Å²) in [6.07, 6.45) is 0. The van der Waals surface area contributed by atoms with Crippen LogP contribution in [0.1, 0.15) is 30.2 Å². The molecule has 1 atom stereocenters. The summed E-state index contributed by atoms with van der Waals surface area (Å²) >= 11 is 1.39. The van der Waals surface area contributed by atoms with Crippen molar-refractivity contribution in [2.75, 3.05) is 31.9 Å². The lowest BCUT2D eigenvalue weighted by Crippen LogP contribution is -2.49. The maximum Gasteiger partial charge on any atom is 0.244 e. The van der Waals surface area contributed by atoms with Gasteiger partial charge in [-0.15, -0.1) is 0 Å². The van der Waals surface area contributed by atoms with Gasteiger partial charge in [-0.3, -0.25) is 9.69 Å². The molecule has 1 fully saturated rings. The Hall–Kier alpha value is -2.78. The number of rotatable bonds is 6. The molecule has 1 aromatic carbocycles. The average Bonchev–Trinajstić information content (AvgIpc) is 3.27. The van der Waals surface area contributed by atoms with Crippen LogP contribution in [0.4, 0.5) is 0 Å². The number of amides is 1. The van der Waals surface area contributed by atoms with Crippen LogP contribution in [0.3, 0.4) is 0 Å². The first-order valence-electron chi connectivity index (χ1n) is 10.4. The molecular weight excluding hydrogens is 412 g/mol. The van der Waals surface area contributed by atoms with Crippen molar-refractivity contribution in [1.29, 1.82) is 0 Å². The van der Waals surface area contributed by atoms with Crippen molar-refractivity contribution in [3.63, 3.8) is 0 Å². The molecule has 1 saturated heterocycles. The minimum absolute atomic E-state index is 0.000239. The number of aryl methyl sites for hydroxylation is 2. The quantitative estimate of drug-likeness (QED) is 0.428. The van der Waals surface area contributed by atoms with Gasteiger partial charge in [-0.25, -0.2) is 9.97 Å². The van der Waals surface area contributed by atoms with Gasteiger partial charge in [0.15, 0.2) is 5.16 Å². The first kappa shape index (κ1) is 21.5. The highest BCUT2D eigenvalue weighted by atomic mass is 32.2. The zero-order valence-corrected chi connectivity index (χ0v) is 18.8. The number of aromatic nitrogens is 4. The molecule has 1 aliphatic heterocycles. The minimum Gasteiger partial charge on any atom is -0.339 e. The van der Waals surface area contributed by atoms with Gasteiger partial charge in [0.2, 0.25) is 17.6 Å². The van der Waals surface area contributed by atoms with E-state index in [-0.39, 0.29) is 11.9 Å². The Morgan fingerprint density at radius 2 is 1.74 bits per heavy atom. The molecule has 9 heteroatoms. The highest BCUT2D eigenvalue weighted by Gasteiger charge is 2.27. The van der Waals surface area contributed by atoms with Gasteiger partial charge >= 0.3 is 0 Å². The number of piperazine rings is 1. The normalized spacial score (nSPS) is 15.8. The van der Waals surface area contributed by atoms with Crippen LogP contribution in [0.25, 0.3) is 11.4 Å². The Morgan fingerprint density at radius 1 is 1.06 bits per heavy atom. The SMILES string of the molecule is Cc1cc(C)nc(SCC(=O)N2CCN(C(C)c3nc(-c4ccccc4)no3)CC2)n1. The Kier molecular flexibility index (Phi) is 6.62. The third-order valence-electron chi connectivity index (χ3n) is 5.33. The summed E-state index contributed by atoms with van der Waals surface area (Å²) in [6, 6.07) is 11.7. The van der Waals surface area contributed by atoms with Crippen LogP contribution >= 0.6 is 11.8 Å². The number of nitrogens with zero attached hydrogens (tertiary/aromatic N) is 6. The Balaban J connectivity index is 1.29. The van der Waals surface area contributed by atoms with Crippen LogP contribution in [0.15, 0.2) is 46.1 Å². The fourth-order valence-electron chi connectivity index (χ4n) is 3.60. The van der Waals surface area contributed by atoms with E-state index < -0.39 is 0 Å². The fraction of sp³-hybridized carbons (Fsp3) is 0.409. The van der Waals surface area contributed by atoms with Crippen molar-refractivity contribution in [1.82, 2.24) is 29.9 Å². The molecular formula is C22H26N6O2S. The van der Waals surface area contributed by atoms with E-state index in [0.717, 1.165) is 30.0 Å². The van der Waals surface area contributed by atoms with E-state index in [1.807, 2.05) is 55.1 Å². The van der Waals surface area contributed by atoms with E-state index in [1.54, 1.807) is 0 Å². The Bertz CT molecular complexity index is 1010. The van der Waals surface area contributed by atoms with Gasteiger partial charge in [-0.1, -0.05) is 47.3 Å². The van der Waals surface area contributed by atoms with Crippen molar-refractivity contribution < 1.29 is 9.32 Å². The predicted octanol–water partition coefficient (Wildman–Crippen LogP) is 3.14. The smallest absolute Gasteiger partial charge is 0.244 e. The van der Waals surface area contributed by atoms with Crippen LogP contribution < -0.4 is 0 Å². The molecule has 0 aliphatic carbocycles. The van der Waals surface area contributed by atoms with E-state index >= 15 is 0 Å². The van der Waals surface area contributed by atoms with Gasteiger partial charge in [-0.05, 0) is 26.8 Å². The van der Waals surface area contributed by atoms with Crippen LogP contribution in [-0.2, 0) is 4.79 Å². The third-order valence-corrected chi connectivity index (χ3v) is 6.16. The van der Waals surface area contributed by atoms with Gasteiger partial charge in [0.05, 0.1) is 11.8 Å². The van der Waals surface area contributed by atoms with Crippen molar-refractivity contribution in [2.24, 2.45) is 0 Å². The highest BCUT2D eigenvalue weighted by molar-refractivity contribution is 7.99. The summed E-state index contributed by atoms with van der Waals surface area (Å²) in [4.78, 5) is 30.2. The summed E-state index contributed by atoms with van der Waals surface area (Å²) in [6.45, 7) is 8.82. The zero-order chi connectivity index (χ0) is 21.8. The van der Waals surface area contributed by atoms with E-state index in [2.05, 4.69) is 31.9 Å². The van der Waals surface area contributed by atoms with Crippen molar-refractivity contribution in [3.8, 4) is 11.4 Å². The number of thioether (sulfide) groups is 1. The molecule has 0 bridgehead atoms. The molecule has 1 aliphatic rings. The Labute approximate surface area is 186 Å². The largest absolute Gasteiger partial charge is 0.339 e. The number of hydrogen-bond acceptors (Lipinski definition) is 8.